The Labute approximate surface area is 181 Å². The fraction of sp³-hybridized carbons (Fsp3) is 0.154. The molecule has 0 atom stereocenters. The van der Waals surface area contributed by atoms with Crippen molar-refractivity contribution in [2.24, 2.45) is 0 Å². The van der Waals surface area contributed by atoms with Gasteiger partial charge in [0.2, 0.25) is 0 Å². The molecule has 0 radical (unpaired) electrons. The lowest BCUT2D eigenvalue weighted by Crippen LogP contribution is -2.26. The number of furan rings is 1. The minimum atomic E-state index is -0.454. The number of amides is 1. The van der Waals surface area contributed by atoms with Gasteiger partial charge in [-0.1, -0.05) is 43.3 Å². The maximum atomic E-state index is 13.5. The number of aryl methyl sites for hydroxylation is 3. The summed E-state index contributed by atoms with van der Waals surface area (Å²) < 4.78 is 7.54. The van der Waals surface area contributed by atoms with Gasteiger partial charge in [-0.3, -0.25) is 9.59 Å². The van der Waals surface area contributed by atoms with Crippen molar-refractivity contribution in [2.75, 3.05) is 5.32 Å². The molecule has 0 saturated heterocycles. The summed E-state index contributed by atoms with van der Waals surface area (Å²) in [5.41, 5.74) is 4.40. The lowest BCUT2D eigenvalue weighted by atomic mass is 10.0. The summed E-state index contributed by atoms with van der Waals surface area (Å²) in [5.74, 6) is 0.000354. The number of carbonyl (C=O) groups excluding carboxylic acids is 1. The van der Waals surface area contributed by atoms with E-state index in [-0.39, 0.29) is 11.0 Å². The lowest BCUT2D eigenvalue weighted by Gasteiger charge is -2.20. The van der Waals surface area contributed by atoms with Gasteiger partial charge in [-0.2, -0.15) is 0 Å². The first-order valence-electron chi connectivity index (χ1n) is 10.3. The van der Waals surface area contributed by atoms with Crippen LogP contribution in [0.5, 0.6) is 0 Å². The molecule has 0 saturated carbocycles. The molecule has 2 aromatic carbocycles. The number of benzene rings is 2. The number of nitrogens with zero attached hydrogens (tertiary/aromatic N) is 1. The summed E-state index contributed by atoms with van der Waals surface area (Å²) in [6.45, 7) is 5.83. The summed E-state index contributed by atoms with van der Waals surface area (Å²) in [5, 5.41) is 2.99. The lowest BCUT2D eigenvalue weighted by molar-refractivity contribution is 0.102. The summed E-state index contributed by atoms with van der Waals surface area (Å²) in [4.78, 5) is 26.6. The summed E-state index contributed by atoms with van der Waals surface area (Å²) in [7, 11) is 0. The van der Waals surface area contributed by atoms with Crippen LogP contribution in [0.3, 0.4) is 0 Å². The Morgan fingerprint density at radius 2 is 1.77 bits per heavy atom. The molecule has 4 aromatic rings. The fourth-order valence-corrected chi connectivity index (χ4v) is 3.89. The number of nitrogens with one attached hydrogen (secondary N) is 1. The number of aromatic nitrogens is 1. The van der Waals surface area contributed by atoms with Crippen LogP contribution in [0.2, 0.25) is 0 Å². The number of para-hydroxylation sites is 2. The van der Waals surface area contributed by atoms with Crippen molar-refractivity contribution >= 4 is 11.6 Å². The molecule has 0 aliphatic carbocycles. The van der Waals surface area contributed by atoms with E-state index in [9.17, 15) is 9.59 Å². The largest absolute Gasteiger partial charge is 0.463 e. The summed E-state index contributed by atoms with van der Waals surface area (Å²) >= 11 is 0. The summed E-state index contributed by atoms with van der Waals surface area (Å²) in [6.07, 6.45) is 2.31. The van der Waals surface area contributed by atoms with Crippen LogP contribution in [0.25, 0.3) is 17.1 Å². The number of anilines is 1. The van der Waals surface area contributed by atoms with Crippen molar-refractivity contribution < 1.29 is 9.21 Å². The van der Waals surface area contributed by atoms with E-state index in [4.69, 9.17) is 4.42 Å². The number of carbonyl (C=O) groups is 1. The molecule has 1 N–H and O–H groups in total. The van der Waals surface area contributed by atoms with Gasteiger partial charge in [0.1, 0.15) is 11.3 Å². The monoisotopic (exact) mass is 412 g/mol. The Kier molecular flexibility index (Phi) is 5.58. The van der Waals surface area contributed by atoms with E-state index in [2.05, 4.69) is 5.32 Å². The predicted octanol–water partition coefficient (Wildman–Crippen LogP) is 5.53. The number of hydrogen-bond acceptors (Lipinski definition) is 3. The highest BCUT2D eigenvalue weighted by Gasteiger charge is 2.25. The summed E-state index contributed by atoms with van der Waals surface area (Å²) in [6, 6.07) is 20.5. The van der Waals surface area contributed by atoms with E-state index in [0.717, 1.165) is 28.9 Å². The highest BCUT2D eigenvalue weighted by molar-refractivity contribution is 6.08. The van der Waals surface area contributed by atoms with Crippen molar-refractivity contribution in [2.45, 2.75) is 27.2 Å². The molecule has 4 rings (SSSR count). The van der Waals surface area contributed by atoms with Gasteiger partial charge in [0, 0.05) is 23.1 Å². The maximum absolute atomic E-state index is 13.5. The molecule has 0 unspecified atom stereocenters. The van der Waals surface area contributed by atoms with E-state index in [1.54, 1.807) is 12.1 Å². The number of pyridine rings is 1. The smallest absolute Gasteiger partial charge is 0.261 e. The molecular formula is C26H24N2O3. The van der Waals surface area contributed by atoms with E-state index >= 15 is 0 Å². The van der Waals surface area contributed by atoms with Gasteiger partial charge >= 0.3 is 0 Å². The zero-order valence-electron chi connectivity index (χ0n) is 17.8. The maximum Gasteiger partial charge on any atom is 0.261 e. The van der Waals surface area contributed by atoms with E-state index in [1.165, 1.54) is 12.3 Å². The molecule has 31 heavy (non-hydrogen) atoms. The molecule has 156 valence electrons. The molecule has 0 spiro atoms. The molecule has 0 aliphatic rings. The first-order chi connectivity index (χ1) is 15.0. The first-order valence-corrected chi connectivity index (χ1v) is 10.3. The standard InChI is InChI=1S/C26H24N2O3/c1-4-19-11-8-10-17(2)24(19)27-26(30)23-21(29)16-18(3)28(20-12-6-5-7-13-20)25(23)22-14-9-15-31-22/h5-16H,4H2,1-3H3,(H,27,30). The average molecular weight is 412 g/mol. The van der Waals surface area contributed by atoms with Gasteiger partial charge in [0.25, 0.3) is 5.91 Å². The van der Waals surface area contributed by atoms with Crippen molar-refractivity contribution in [3.05, 3.63) is 106 Å². The zero-order chi connectivity index (χ0) is 22.0. The van der Waals surface area contributed by atoms with Crippen LogP contribution in [0.4, 0.5) is 5.69 Å². The molecule has 2 heterocycles. The quantitative estimate of drug-likeness (QED) is 0.469. The van der Waals surface area contributed by atoms with E-state index in [0.29, 0.717) is 17.1 Å². The Hall–Kier alpha value is -3.86. The Morgan fingerprint density at radius 1 is 1.00 bits per heavy atom. The van der Waals surface area contributed by atoms with Gasteiger partial charge in [-0.15, -0.1) is 0 Å². The van der Waals surface area contributed by atoms with Crippen molar-refractivity contribution in [1.82, 2.24) is 4.57 Å². The topological polar surface area (TPSA) is 64.2 Å². The minimum Gasteiger partial charge on any atom is -0.463 e. The molecule has 0 fully saturated rings. The zero-order valence-corrected chi connectivity index (χ0v) is 17.8. The Morgan fingerprint density at radius 3 is 2.45 bits per heavy atom. The highest BCUT2D eigenvalue weighted by atomic mass is 16.3. The van der Waals surface area contributed by atoms with Crippen molar-refractivity contribution in [3.63, 3.8) is 0 Å². The second kappa shape index (κ2) is 8.48. The third kappa shape index (κ3) is 3.82. The second-order valence-electron chi connectivity index (χ2n) is 7.44. The van der Waals surface area contributed by atoms with Gasteiger partial charge in [-0.25, -0.2) is 0 Å². The third-order valence-corrected chi connectivity index (χ3v) is 5.37. The molecule has 1 amide bonds. The van der Waals surface area contributed by atoms with Crippen molar-refractivity contribution in [1.29, 1.82) is 0 Å². The fourth-order valence-electron chi connectivity index (χ4n) is 3.89. The van der Waals surface area contributed by atoms with Crippen LogP contribution >= 0.6 is 0 Å². The van der Waals surface area contributed by atoms with Gasteiger partial charge in [0.05, 0.1) is 6.26 Å². The minimum absolute atomic E-state index is 0.0507. The molecule has 0 aliphatic heterocycles. The van der Waals surface area contributed by atoms with Gasteiger partial charge in [-0.05, 0) is 55.7 Å². The number of rotatable bonds is 5. The Bertz CT molecular complexity index is 1290. The molecular weight excluding hydrogens is 388 g/mol. The Balaban J connectivity index is 1.95. The molecule has 0 bridgehead atoms. The SMILES string of the molecule is CCc1cccc(C)c1NC(=O)c1c(-c2ccco2)n(-c2ccccc2)c(C)cc1=O. The molecule has 5 heteroatoms. The third-order valence-electron chi connectivity index (χ3n) is 5.37. The van der Waals surface area contributed by atoms with Crippen LogP contribution in [0, 0.1) is 13.8 Å². The van der Waals surface area contributed by atoms with Crippen molar-refractivity contribution in [3.8, 4) is 17.1 Å². The van der Waals surface area contributed by atoms with Crippen LogP contribution in [0.1, 0.15) is 34.1 Å². The second-order valence-corrected chi connectivity index (χ2v) is 7.44. The predicted molar refractivity (Wildman–Crippen MR) is 123 cm³/mol. The first kappa shape index (κ1) is 20.4. The average Bonchev–Trinajstić information content (AvgIpc) is 3.29. The highest BCUT2D eigenvalue weighted by Crippen LogP contribution is 2.29. The molecule has 2 aromatic heterocycles. The number of hydrogen-bond donors (Lipinski definition) is 1. The van der Waals surface area contributed by atoms with E-state index in [1.807, 2.05) is 73.9 Å². The van der Waals surface area contributed by atoms with Crippen LogP contribution < -0.4 is 10.7 Å². The molecule has 5 nitrogen and oxygen atoms in total. The van der Waals surface area contributed by atoms with Crippen LogP contribution in [-0.4, -0.2) is 10.5 Å². The van der Waals surface area contributed by atoms with Gasteiger partial charge in [0.15, 0.2) is 11.2 Å². The van der Waals surface area contributed by atoms with Gasteiger partial charge < -0.3 is 14.3 Å². The van der Waals surface area contributed by atoms with Crippen LogP contribution in [-0.2, 0) is 6.42 Å². The normalized spacial score (nSPS) is 10.8. The van der Waals surface area contributed by atoms with Crippen LogP contribution in [0.15, 0.2) is 82.2 Å². The van der Waals surface area contributed by atoms with E-state index < -0.39 is 5.91 Å².